The molecule has 0 aromatic carbocycles. The van der Waals surface area contributed by atoms with Crippen molar-refractivity contribution in [1.82, 2.24) is 5.32 Å². The number of methoxy groups -OCH3 is 1. The van der Waals surface area contributed by atoms with Crippen molar-refractivity contribution in [2.24, 2.45) is 5.92 Å². The molecule has 16 heavy (non-hydrogen) atoms. The van der Waals surface area contributed by atoms with Crippen LogP contribution < -0.4 is 5.32 Å². The van der Waals surface area contributed by atoms with Crippen LogP contribution in [0.5, 0.6) is 0 Å². The Morgan fingerprint density at radius 1 is 1.50 bits per heavy atom. The zero-order chi connectivity index (χ0) is 12.0. The number of esters is 1. The lowest BCUT2D eigenvalue weighted by molar-refractivity contribution is -0.143. The normalized spacial score (nSPS) is 19.9. The Morgan fingerprint density at radius 2 is 2.19 bits per heavy atom. The number of ether oxygens (including phenoxy) is 1. The van der Waals surface area contributed by atoms with Crippen molar-refractivity contribution >= 4 is 5.97 Å². The molecule has 0 heterocycles. The summed E-state index contributed by atoms with van der Waals surface area (Å²) in [5.74, 6) is 0.607. The van der Waals surface area contributed by atoms with E-state index in [2.05, 4.69) is 19.2 Å². The van der Waals surface area contributed by atoms with Gasteiger partial charge in [-0.15, -0.1) is 0 Å². The maximum absolute atomic E-state index is 11.3. The van der Waals surface area contributed by atoms with E-state index in [-0.39, 0.29) is 11.5 Å². The lowest BCUT2D eigenvalue weighted by atomic mass is 9.74. The lowest BCUT2D eigenvalue weighted by Gasteiger charge is -2.42. The van der Waals surface area contributed by atoms with Gasteiger partial charge in [-0.05, 0) is 38.1 Å². The Morgan fingerprint density at radius 3 is 2.62 bits per heavy atom. The van der Waals surface area contributed by atoms with Gasteiger partial charge >= 0.3 is 5.97 Å². The van der Waals surface area contributed by atoms with E-state index in [4.69, 9.17) is 4.74 Å². The molecule has 1 saturated carbocycles. The standard InChI is InChI=1S/C13H25NO2/c1-4-6-11(2)10-14-13(7-5-8-13)9-12(15)16-3/h11,14H,4-10H2,1-3H3. The minimum atomic E-state index is -0.0876. The summed E-state index contributed by atoms with van der Waals surface area (Å²) in [7, 11) is 1.47. The van der Waals surface area contributed by atoms with Crippen LogP contribution in [0.4, 0.5) is 0 Å². The fraction of sp³-hybridized carbons (Fsp3) is 0.923. The summed E-state index contributed by atoms with van der Waals surface area (Å²) in [6.07, 6.45) is 6.46. The van der Waals surface area contributed by atoms with Gasteiger partial charge in [0.05, 0.1) is 13.5 Å². The highest BCUT2D eigenvalue weighted by Crippen LogP contribution is 2.35. The number of rotatable bonds is 7. The summed E-state index contributed by atoms with van der Waals surface area (Å²) in [5, 5.41) is 3.58. The molecule has 0 aromatic heterocycles. The first kappa shape index (κ1) is 13.5. The van der Waals surface area contributed by atoms with E-state index >= 15 is 0 Å². The van der Waals surface area contributed by atoms with Crippen LogP contribution >= 0.6 is 0 Å². The molecular weight excluding hydrogens is 202 g/mol. The average Bonchev–Trinajstić information content (AvgIpc) is 2.22. The van der Waals surface area contributed by atoms with Gasteiger partial charge in [-0.25, -0.2) is 0 Å². The molecular formula is C13H25NO2. The van der Waals surface area contributed by atoms with Gasteiger partial charge in [0.15, 0.2) is 0 Å². The van der Waals surface area contributed by atoms with Crippen LogP contribution in [0, 0.1) is 5.92 Å². The van der Waals surface area contributed by atoms with E-state index in [1.54, 1.807) is 0 Å². The molecule has 0 radical (unpaired) electrons. The molecule has 0 spiro atoms. The monoisotopic (exact) mass is 227 g/mol. The van der Waals surface area contributed by atoms with Gasteiger partial charge in [-0.1, -0.05) is 20.3 Å². The second-order valence-electron chi connectivity index (χ2n) is 5.16. The van der Waals surface area contributed by atoms with Crippen molar-refractivity contribution in [3.05, 3.63) is 0 Å². The van der Waals surface area contributed by atoms with Gasteiger partial charge in [-0.3, -0.25) is 4.79 Å². The Bertz CT molecular complexity index is 224. The SMILES string of the molecule is CCCC(C)CNC1(CC(=O)OC)CCC1. The van der Waals surface area contributed by atoms with Crippen molar-refractivity contribution < 1.29 is 9.53 Å². The molecule has 3 heteroatoms. The van der Waals surface area contributed by atoms with Crippen molar-refractivity contribution in [2.45, 2.75) is 57.9 Å². The second kappa shape index (κ2) is 6.24. The van der Waals surface area contributed by atoms with Crippen LogP contribution in [-0.4, -0.2) is 25.2 Å². The van der Waals surface area contributed by atoms with Gasteiger partial charge < -0.3 is 10.1 Å². The van der Waals surface area contributed by atoms with E-state index in [1.165, 1.54) is 26.4 Å². The van der Waals surface area contributed by atoms with E-state index in [1.807, 2.05) is 0 Å². The summed E-state index contributed by atoms with van der Waals surface area (Å²) in [4.78, 5) is 11.3. The summed E-state index contributed by atoms with van der Waals surface area (Å²) in [6.45, 7) is 5.50. The minimum absolute atomic E-state index is 0.0507. The van der Waals surface area contributed by atoms with Crippen LogP contribution in [-0.2, 0) is 9.53 Å². The Labute approximate surface area is 98.9 Å². The van der Waals surface area contributed by atoms with Crippen molar-refractivity contribution in [1.29, 1.82) is 0 Å². The number of carbonyl (C=O) groups is 1. The fourth-order valence-electron chi connectivity index (χ4n) is 2.35. The summed E-state index contributed by atoms with van der Waals surface area (Å²) < 4.78 is 4.76. The van der Waals surface area contributed by atoms with Crippen LogP contribution in [0.3, 0.4) is 0 Å². The molecule has 0 amide bonds. The van der Waals surface area contributed by atoms with Crippen molar-refractivity contribution in [2.75, 3.05) is 13.7 Å². The molecule has 0 saturated heterocycles. The van der Waals surface area contributed by atoms with E-state index in [0.717, 1.165) is 19.4 Å². The van der Waals surface area contributed by atoms with Gasteiger partial charge in [0.2, 0.25) is 0 Å². The van der Waals surface area contributed by atoms with Crippen LogP contribution in [0.2, 0.25) is 0 Å². The second-order valence-corrected chi connectivity index (χ2v) is 5.16. The third-order valence-electron chi connectivity index (χ3n) is 3.63. The first-order valence-electron chi connectivity index (χ1n) is 6.44. The summed E-state index contributed by atoms with van der Waals surface area (Å²) in [6, 6.07) is 0. The quantitative estimate of drug-likeness (QED) is 0.679. The Kier molecular flexibility index (Phi) is 5.26. The Hall–Kier alpha value is -0.570. The number of hydrogen-bond donors (Lipinski definition) is 1. The zero-order valence-electron chi connectivity index (χ0n) is 10.8. The van der Waals surface area contributed by atoms with Gasteiger partial charge in [-0.2, -0.15) is 0 Å². The van der Waals surface area contributed by atoms with E-state index in [9.17, 15) is 4.79 Å². The molecule has 94 valence electrons. The maximum Gasteiger partial charge on any atom is 0.307 e. The van der Waals surface area contributed by atoms with Crippen LogP contribution in [0.25, 0.3) is 0 Å². The molecule has 1 N–H and O–H groups in total. The summed E-state index contributed by atoms with van der Waals surface area (Å²) in [5.41, 5.74) is 0.0507. The highest BCUT2D eigenvalue weighted by atomic mass is 16.5. The third-order valence-corrected chi connectivity index (χ3v) is 3.63. The molecule has 1 unspecified atom stereocenters. The molecule has 1 aliphatic rings. The predicted octanol–water partition coefficient (Wildman–Crippen LogP) is 2.50. The van der Waals surface area contributed by atoms with Gasteiger partial charge in [0, 0.05) is 5.54 Å². The van der Waals surface area contributed by atoms with E-state index in [0.29, 0.717) is 12.3 Å². The van der Waals surface area contributed by atoms with Crippen molar-refractivity contribution in [3.63, 3.8) is 0 Å². The lowest BCUT2D eigenvalue weighted by Crippen LogP contribution is -2.53. The molecule has 0 aliphatic heterocycles. The molecule has 0 aromatic rings. The van der Waals surface area contributed by atoms with Crippen LogP contribution in [0.15, 0.2) is 0 Å². The minimum Gasteiger partial charge on any atom is -0.469 e. The topological polar surface area (TPSA) is 38.3 Å². The van der Waals surface area contributed by atoms with Gasteiger partial charge in [0.1, 0.15) is 0 Å². The van der Waals surface area contributed by atoms with Crippen LogP contribution in [0.1, 0.15) is 52.4 Å². The number of carbonyl (C=O) groups excluding carboxylic acids is 1. The Balaban J connectivity index is 2.33. The largest absolute Gasteiger partial charge is 0.469 e. The first-order valence-corrected chi connectivity index (χ1v) is 6.44. The molecule has 1 atom stereocenters. The first-order chi connectivity index (χ1) is 7.62. The average molecular weight is 227 g/mol. The zero-order valence-corrected chi connectivity index (χ0v) is 10.8. The molecule has 1 fully saturated rings. The van der Waals surface area contributed by atoms with E-state index < -0.39 is 0 Å². The van der Waals surface area contributed by atoms with Crippen molar-refractivity contribution in [3.8, 4) is 0 Å². The third kappa shape index (κ3) is 3.78. The smallest absolute Gasteiger partial charge is 0.307 e. The molecule has 3 nitrogen and oxygen atoms in total. The fourth-order valence-corrected chi connectivity index (χ4v) is 2.35. The highest BCUT2D eigenvalue weighted by molar-refractivity contribution is 5.71. The summed E-state index contributed by atoms with van der Waals surface area (Å²) >= 11 is 0. The predicted molar refractivity (Wildman–Crippen MR) is 65.3 cm³/mol. The number of nitrogens with one attached hydrogen (secondary N) is 1. The number of hydrogen-bond acceptors (Lipinski definition) is 3. The maximum atomic E-state index is 11.3. The molecule has 1 aliphatic carbocycles. The molecule has 0 bridgehead atoms. The molecule has 1 rings (SSSR count). The highest BCUT2D eigenvalue weighted by Gasteiger charge is 2.38. The van der Waals surface area contributed by atoms with Gasteiger partial charge in [0.25, 0.3) is 0 Å².